The molecule has 0 spiro atoms. The molecule has 0 radical (unpaired) electrons. The van der Waals surface area contributed by atoms with Crippen LogP contribution in [-0.4, -0.2) is 11.7 Å². The molecule has 0 unspecified atom stereocenters. The van der Waals surface area contributed by atoms with E-state index in [4.69, 9.17) is 4.74 Å². The maximum atomic E-state index is 11.1. The van der Waals surface area contributed by atoms with Gasteiger partial charge in [-0.15, -0.1) is 0 Å². The first kappa shape index (κ1) is 11.8. The molecule has 74 valence electrons. The monoisotopic (exact) mass is 183 g/mol. The van der Waals surface area contributed by atoms with Gasteiger partial charge in [0.15, 0.2) is 0 Å². The van der Waals surface area contributed by atoms with Crippen LogP contribution in [0.25, 0.3) is 0 Å². The van der Waals surface area contributed by atoms with Crippen LogP contribution < -0.4 is 5.32 Å². The van der Waals surface area contributed by atoms with E-state index in [0.717, 1.165) is 0 Å². The fourth-order valence-electron chi connectivity index (χ4n) is 0.534. The Bertz CT molecular complexity index is 236. The fraction of sp³-hybridized carbons (Fsp3) is 0.500. The molecule has 0 rings (SSSR count). The van der Waals surface area contributed by atoms with Gasteiger partial charge in [0.25, 0.3) is 0 Å². The highest BCUT2D eigenvalue weighted by molar-refractivity contribution is 5.70. The first-order valence-corrected chi connectivity index (χ1v) is 4.07. The third-order valence-corrected chi connectivity index (χ3v) is 1.17. The Balaban J connectivity index is 4.04. The van der Waals surface area contributed by atoms with Gasteiger partial charge in [0, 0.05) is 5.70 Å². The van der Waals surface area contributed by atoms with Gasteiger partial charge < -0.3 is 4.74 Å². The number of carbonyl (C=O) groups is 1. The third kappa shape index (κ3) is 5.96. The van der Waals surface area contributed by atoms with Crippen molar-refractivity contribution in [2.45, 2.75) is 33.3 Å². The average molecular weight is 183 g/mol. The van der Waals surface area contributed by atoms with Gasteiger partial charge in [0.1, 0.15) is 5.60 Å². The molecule has 0 saturated heterocycles. The maximum Gasteiger partial charge on any atom is 0.412 e. The van der Waals surface area contributed by atoms with Crippen LogP contribution in [0.2, 0.25) is 0 Å². The molecule has 0 aromatic heterocycles. The Kier molecular flexibility index (Phi) is 3.72. The summed E-state index contributed by atoms with van der Waals surface area (Å²) in [4.78, 5) is 11.1. The average Bonchev–Trinajstić information content (AvgIpc) is 1.81. The smallest absolute Gasteiger partial charge is 0.412 e. The molecular formula is C10H17NO2. The molecule has 0 aromatic carbocycles. The number of allylic oxidation sites excluding steroid dienone is 1. The zero-order valence-electron chi connectivity index (χ0n) is 8.73. The van der Waals surface area contributed by atoms with Gasteiger partial charge in [0.05, 0.1) is 0 Å². The molecular weight excluding hydrogens is 166 g/mol. The minimum atomic E-state index is -0.500. The quantitative estimate of drug-likeness (QED) is 0.668. The Morgan fingerprint density at radius 3 is 2.08 bits per heavy atom. The second-order valence-electron chi connectivity index (χ2n) is 3.89. The predicted molar refractivity (Wildman–Crippen MR) is 53.3 cm³/mol. The maximum absolute atomic E-state index is 11.1. The van der Waals surface area contributed by atoms with E-state index >= 15 is 0 Å². The van der Waals surface area contributed by atoms with Crippen molar-refractivity contribution >= 4 is 6.09 Å². The topological polar surface area (TPSA) is 38.3 Å². The first-order valence-electron chi connectivity index (χ1n) is 4.07. The van der Waals surface area contributed by atoms with Crippen molar-refractivity contribution in [1.82, 2.24) is 5.32 Å². The van der Waals surface area contributed by atoms with Gasteiger partial charge in [-0.25, -0.2) is 4.79 Å². The number of alkyl carbamates (subject to hydrolysis) is 1. The molecule has 1 N–H and O–H groups in total. The summed E-state index contributed by atoms with van der Waals surface area (Å²) in [5.74, 6) is 0. The molecule has 13 heavy (non-hydrogen) atoms. The number of hydrogen-bond donors (Lipinski definition) is 1. The second kappa shape index (κ2) is 4.12. The van der Waals surface area contributed by atoms with Crippen molar-refractivity contribution < 1.29 is 9.53 Å². The van der Waals surface area contributed by atoms with E-state index in [-0.39, 0.29) is 0 Å². The van der Waals surface area contributed by atoms with Crippen molar-refractivity contribution in [3.8, 4) is 0 Å². The fourth-order valence-corrected chi connectivity index (χ4v) is 0.534. The van der Waals surface area contributed by atoms with Crippen LogP contribution in [0.1, 0.15) is 27.7 Å². The van der Waals surface area contributed by atoms with E-state index in [0.29, 0.717) is 11.3 Å². The Hall–Kier alpha value is -1.25. The zero-order chi connectivity index (χ0) is 10.6. The number of ether oxygens (including phenoxy) is 1. The molecule has 0 bridgehead atoms. The van der Waals surface area contributed by atoms with E-state index in [1.807, 2.05) is 0 Å². The molecule has 3 nitrogen and oxygen atoms in total. The van der Waals surface area contributed by atoms with Crippen LogP contribution in [0, 0.1) is 0 Å². The van der Waals surface area contributed by atoms with Crippen molar-refractivity contribution in [3.63, 3.8) is 0 Å². The lowest BCUT2D eigenvalue weighted by atomic mass is 10.2. The Morgan fingerprint density at radius 2 is 1.77 bits per heavy atom. The highest BCUT2D eigenvalue weighted by Gasteiger charge is 2.16. The molecule has 0 heterocycles. The van der Waals surface area contributed by atoms with Gasteiger partial charge in [-0.1, -0.05) is 13.2 Å². The van der Waals surface area contributed by atoms with Crippen LogP contribution in [0.3, 0.4) is 0 Å². The molecule has 0 aliphatic carbocycles. The summed E-state index contributed by atoms with van der Waals surface area (Å²) in [7, 11) is 0. The summed E-state index contributed by atoms with van der Waals surface area (Å²) >= 11 is 0. The van der Waals surface area contributed by atoms with Crippen LogP contribution in [0.5, 0.6) is 0 Å². The molecule has 0 aromatic rings. The summed E-state index contributed by atoms with van der Waals surface area (Å²) in [6.07, 6.45) is -0.500. The summed E-state index contributed by atoms with van der Waals surface area (Å²) in [6, 6.07) is 0. The molecule has 0 saturated carbocycles. The van der Waals surface area contributed by atoms with Crippen molar-refractivity contribution in [3.05, 3.63) is 24.4 Å². The predicted octanol–water partition coefficient (Wildman–Crippen LogP) is 2.60. The SMILES string of the molecule is C=C(C)C(=C)NC(=O)OC(C)(C)C. The minimum absolute atomic E-state index is 0.481. The largest absolute Gasteiger partial charge is 0.444 e. The van der Waals surface area contributed by atoms with Gasteiger partial charge in [-0.2, -0.15) is 0 Å². The summed E-state index contributed by atoms with van der Waals surface area (Å²) in [5, 5.41) is 2.48. The van der Waals surface area contributed by atoms with Gasteiger partial charge in [-0.05, 0) is 33.3 Å². The third-order valence-electron chi connectivity index (χ3n) is 1.17. The van der Waals surface area contributed by atoms with Gasteiger partial charge >= 0.3 is 6.09 Å². The number of rotatable bonds is 2. The second-order valence-corrected chi connectivity index (χ2v) is 3.89. The van der Waals surface area contributed by atoms with Crippen molar-refractivity contribution in [1.29, 1.82) is 0 Å². The normalized spacial score (nSPS) is 10.5. The molecule has 0 atom stereocenters. The summed E-state index contributed by atoms with van der Waals surface area (Å²) in [6.45, 7) is 14.4. The van der Waals surface area contributed by atoms with E-state index in [1.165, 1.54) is 0 Å². The summed E-state index contributed by atoms with van der Waals surface area (Å²) < 4.78 is 5.01. The van der Waals surface area contributed by atoms with Gasteiger partial charge in [-0.3, -0.25) is 5.32 Å². The van der Waals surface area contributed by atoms with E-state index in [9.17, 15) is 4.79 Å². The minimum Gasteiger partial charge on any atom is -0.444 e. The molecule has 1 amide bonds. The van der Waals surface area contributed by atoms with E-state index in [2.05, 4.69) is 18.5 Å². The highest BCUT2D eigenvalue weighted by atomic mass is 16.6. The van der Waals surface area contributed by atoms with Crippen LogP contribution in [-0.2, 0) is 4.74 Å². The molecule has 0 fully saturated rings. The lowest BCUT2D eigenvalue weighted by Crippen LogP contribution is -2.31. The van der Waals surface area contributed by atoms with Gasteiger partial charge in [0.2, 0.25) is 0 Å². The van der Waals surface area contributed by atoms with Crippen LogP contribution in [0.15, 0.2) is 24.4 Å². The molecule has 0 aliphatic rings. The lowest BCUT2D eigenvalue weighted by molar-refractivity contribution is 0.0547. The van der Waals surface area contributed by atoms with Crippen molar-refractivity contribution in [2.24, 2.45) is 0 Å². The molecule has 0 aliphatic heterocycles. The first-order chi connectivity index (χ1) is 5.72. The van der Waals surface area contributed by atoms with E-state index in [1.54, 1.807) is 27.7 Å². The Labute approximate surface area is 79.5 Å². The zero-order valence-corrected chi connectivity index (χ0v) is 8.73. The molecule has 3 heteroatoms. The highest BCUT2D eigenvalue weighted by Crippen LogP contribution is 2.08. The number of hydrogen-bond acceptors (Lipinski definition) is 2. The van der Waals surface area contributed by atoms with E-state index < -0.39 is 11.7 Å². The standard InChI is InChI=1S/C10H17NO2/c1-7(2)8(3)11-9(12)13-10(4,5)6/h1,3H2,2,4-6H3,(H,11,12). The lowest BCUT2D eigenvalue weighted by Gasteiger charge is -2.20. The number of nitrogens with one attached hydrogen (secondary N) is 1. The van der Waals surface area contributed by atoms with Crippen molar-refractivity contribution in [2.75, 3.05) is 0 Å². The van der Waals surface area contributed by atoms with Crippen LogP contribution >= 0.6 is 0 Å². The number of amides is 1. The summed E-state index contributed by atoms with van der Waals surface area (Å²) in [5.41, 5.74) is 0.708. The van der Waals surface area contributed by atoms with Crippen LogP contribution in [0.4, 0.5) is 4.79 Å². The number of carbonyl (C=O) groups excluding carboxylic acids is 1. The Morgan fingerprint density at radius 1 is 1.31 bits per heavy atom.